The van der Waals surface area contributed by atoms with E-state index in [0.29, 0.717) is 28.6 Å². The van der Waals surface area contributed by atoms with Crippen molar-refractivity contribution in [1.29, 1.82) is 0 Å². The monoisotopic (exact) mass is 458 g/mol. The van der Waals surface area contributed by atoms with Crippen molar-refractivity contribution < 1.29 is 17.9 Å². The van der Waals surface area contributed by atoms with Crippen molar-refractivity contribution in [2.24, 2.45) is 0 Å². The average molecular weight is 459 g/mol. The number of carbonyl (C=O) groups is 1. The molecule has 1 amide bonds. The van der Waals surface area contributed by atoms with Crippen molar-refractivity contribution in [3.8, 4) is 5.75 Å². The number of nitrogens with one attached hydrogen (secondary N) is 2. The maximum atomic E-state index is 12.6. The van der Waals surface area contributed by atoms with E-state index in [1.807, 2.05) is 31.2 Å². The molecule has 0 saturated carbocycles. The number of halogens is 1. The van der Waals surface area contributed by atoms with Gasteiger partial charge in [-0.3, -0.25) is 9.52 Å². The maximum Gasteiger partial charge on any atom is 0.261 e. The molecule has 3 aromatic carbocycles. The molecule has 0 aliphatic carbocycles. The van der Waals surface area contributed by atoms with Crippen molar-refractivity contribution in [3.63, 3.8) is 0 Å². The van der Waals surface area contributed by atoms with Gasteiger partial charge in [-0.2, -0.15) is 0 Å². The van der Waals surface area contributed by atoms with Gasteiger partial charge in [0, 0.05) is 17.3 Å². The predicted octanol–water partition coefficient (Wildman–Crippen LogP) is 4.45. The van der Waals surface area contributed by atoms with E-state index in [1.165, 1.54) is 12.1 Å². The van der Waals surface area contributed by atoms with Crippen LogP contribution in [0.5, 0.6) is 5.75 Å². The summed E-state index contributed by atoms with van der Waals surface area (Å²) in [7, 11) is -3.77. The lowest BCUT2D eigenvalue weighted by Crippen LogP contribution is -2.28. The summed E-state index contributed by atoms with van der Waals surface area (Å²) < 4.78 is 33.3. The number of hydrogen-bond donors (Lipinski definition) is 2. The summed E-state index contributed by atoms with van der Waals surface area (Å²) in [6.45, 7) is 3.97. The highest BCUT2D eigenvalue weighted by Gasteiger charge is 2.16. The number of sulfonamides is 1. The summed E-state index contributed by atoms with van der Waals surface area (Å²) in [6.07, 6.45) is 0. The van der Waals surface area contributed by atoms with Gasteiger partial charge in [0.2, 0.25) is 0 Å². The van der Waals surface area contributed by atoms with Crippen LogP contribution in [0.1, 0.15) is 16.7 Å². The van der Waals surface area contributed by atoms with Crippen molar-refractivity contribution in [2.45, 2.75) is 25.3 Å². The summed E-state index contributed by atoms with van der Waals surface area (Å²) in [6, 6.07) is 18.7. The van der Waals surface area contributed by atoms with Gasteiger partial charge in [0.15, 0.2) is 6.61 Å². The first-order valence-corrected chi connectivity index (χ1v) is 11.4. The van der Waals surface area contributed by atoms with Crippen LogP contribution >= 0.6 is 11.6 Å². The zero-order chi connectivity index (χ0) is 22.4. The Morgan fingerprint density at radius 3 is 2.29 bits per heavy atom. The molecule has 0 atom stereocenters. The second-order valence-electron chi connectivity index (χ2n) is 7.09. The van der Waals surface area contributed by atoms with E-state index < -0.39 is 10.0 Å². The van der Waals surface area contributed by atoms with Gasteiger partial charge in [-0.15, -0.1) is 0 Å². The summed E-state index contributed by atoms with van der Waals surface area (Å²) in [5, 5.41) is 3.31. The summed E-state index contributed by atoms with van der Waals surface area (Å²) >= 11 is 5.83. The smallest absolute Gasteiger partial charge is 0.261 e. The third-order valence-corrected chi connectivity index (χ3v) is 6.15. The highest BCUT2D eigenvalue weighted by molar-refractivity contribution is 7.92. The fourth-order valence-electron chi connectivity index (χ4n) is 2.78. The number of hydrogen-bond acceptors (Lipinski definition) is 4. The molecule has 0 aliphatic rings. The quantitative estimate of drug-likeness (QED) is 0.522. The summed E-state index contributed by atoms with van der Waals surface area (Å²) in [5.74, 6) is 0.178. The zero-order valence-electron chi connectivity index (χ0n) is 17.2. The minimum Gasteiger partial charge on any atom is -0.484 e. The van der Waals surface area contributed by atoms with Gasteiger partial charge in [0.05, 0.1) is 4.90 Å². The van der Waals surface area contributed by atoms with Crippen LogP contribution < -0.4 is 14.8 Å². The molecule has 0 fully saturated rings. The Morgan fingerprint density at radius 1 is 0.968 bits per heavy atom. The van der Waals surface area contributed by atoms with Crippen LogP contribution in [0.2, 0.25) is 5.02 Å². The molecule has 162 valence electrons. The lowest BCUT2D eigenvalue weighted by molar-refractivity contribution is -0.123. The average Bonchev–Trinajstić information content (AvgIpc) is 2.74. The Kier molecular flexibility index (Phi) is 7.20. The normalized spacial score (nSPS) is 11.1. The highest BCUT2D eigenvalue weighted by atomic mass is 35.5. The van der Waals surface area contributed by atoms with Gasteiger partial charge in [0.25, 0.3) is 15.9 Å². The molecule has 8 heteroatoms. The van der Waals surface area contributed by atoms with Gasteiger partial charge in [-0.25, -0.2) is 8.42 Å². The molecule has 31 heavy (non-hydrogen) atoms. The Hall–Kier alpha value is -3.03. The fraction of sp³-hybridized carbons (Fsp3) is 0.174. The molecule has 0 aliphatic heterocycles. The molecule has 0 bridgehead atoms. The van der Waals surface area contributed by atoms with Gasteiger partial charge in [0.1, 0.15) is 5.75 Å². The number of aryl methyl sites for hydroxylation is 2. The van der Waals surface area contributed by atoms with Crippen LogP contribution in [0.3, 0.4) is 0 Å². The minimum atomic E-state index is -3.77. The molecular weight excluding hydrogens is 436 g/mol. The molecule has 3 aromatic rings. The lowest BCUT2D eigenvalue weighted by Gasteiger charge is -2.12. The lowest BCUT2D eigenvalue weighted by atomic mass is 10.1. The molecule has 0 spiro atoms. The highest BCUT2D eigenvalue weighted by Crippen LogP contribution is 2.24. The second kappa shape index (κ2) is 9.85. The van der Waals surface area contributed by atoms with Crippen LogP contribution in [-0.4, -0.2) is 20.9 Å². The molecule has 3 rings (SSSR count). The van der Waals surface area contributed by atoms with Crippen molar-refractivity contribution in [3.05, 3.63) is 88.4 Å². The zero-order valence-corrected chi connectivity index (χ0v) is 18.8. The van der Waals surface area contributed by atoms with E-state index in [2.05, 4.69) is 10.0 Å². The van der Waals surface area contributed by atoms with Crippen LogP contribution in [-0.2, 0) is 21.4 Å². The fourth-order valence-corrected chi connectivity index (χ4v) is 4.05. The van der Waals surface area contributed by atoms with Gasteiger partial charge >= 0.3 is 0 Å². The predicted molar refractivity (Wildman–Crippen MR) is 122 cm³/mol. The van der Waals surface area contributed by atoms with Gasteiger partial charge in [-0.1, -0.05) is 41.4 Å². The second-order valence-corrected chi connectivity index (χ2v) is 9.21. The van der Waals surface area contributed by atoms with E-state index in [9.17, 15) is 13.2 Å². The number of amides is 1. The van der Waals surface area contributed by atoms with Crippen molar-refractivity contribution >= 4 is 33.2 Å². The Morgan fingerprint density at radius 2 is 1.65 bits per heavy atom. The van der Waals surface area contributed by atoms with E-state index >= 15 is 0 Å². The van der Waals surface area contributed by atoms with E-state index in [1.54, 1.807) is 37.3 Å². The van der Waals surface area contributed by atoms with Crippen molar-refractivity contribution in [2.75, 3.05) is 11.3 Å². The Labute approximate surface area is 187 Å². The molecule has 0 heterocycles. The molecule has 0 aromatic heterocycles. The topological polar surface area (TPSA) is 84.5 Å². The molecule has 0 unspecified atom stereocenters. The van der Waals surface area contributed by atoms with Crippen LogP contribution in [0, 0.1) is 13.8 Å². The first-order chi connectivity index (χ1) is 14.7. The largest absolute Gasteiger partial charge is 0.484 e. The standard InChI is InChI=1S/C23H23ClN2O4S/c1-16-3-5-18(6-4-16)14-25-23(27)15-30-22-12-11-21(13-17(22)2)31(28,29)26-20-9-7-19(24)8-10-20/h3-13,26H,14-15H2,1-2H3,(H,25,27). The number of anilines is 1. The van der Waals surface area contributed by atoms with E-state index in [4.69, 9.17) is 16.3 Å². The molecule has 0 saturated heterocycles. The first-order valence-electron chi connectivity index (χ1n) is 9.57. The number of ether oxygens (including phenoxy) is 1. The molecular formula is C23H23ClN2O4S. The van der Waals surface area contributed by atoms with E-state index in [0.717, 1.165) is 11.1 Å². The van der Waals surface area contributed by atoms with E-state index in [-0.39, 0.29) is 17.4 Å². The van der Waals surface area contributed by atoms with Crippen LogP contribution in [0.15, 0.2) is 71.6 Å². The summed E-state index contributed by atoms with van der Waals surface area (Å²) in [5.41, 5.74) is 3.17. The van der Waals surface area contributed by atoms with Crippen LogP contribution in [0.25, 0.3) is 0 Å². The molecule has 2 N–H and O–H groups in total. The number of rotatable bonds is 8. The summed E-state index contributed by atoms with van der Waals surface area (Å²) in [4.78, 5) is 12.2. The molecule has 0 radical (unpaired) electrons. The molecule has 6 nitrogen and oxygen atoms in total. The number of carbonyl (C=O) groups excluding carboxylic acids is 1. The Balaban J connectivity index is 1.57. The SMILES string of the molecule is Cc1ccc(CNC(=O)COc2ccc(S(=O)(=O)Nc3ccc(Cl)cc3)cc2C)cc1. The minimum absolute atomic E-state index is 0.0936. The van der Waals surface area contributed by atoms with Gasteiger partial charge in [-0.05, 0) is 67.4 Å². The number of benzene rings is 3. The third-order valence-electron chi connectivity index (χ3n) is 4.52. The van der Waals surface area contributed by atoms with Gasteiger partial charge < -0.3 is 10.1 Å². The van der Waals surface area contributed by atoms with Crippen molar-refractivity contribution in [1.82, 2.24) is 5.32 Å². The van der Waals surface area contributed by atoms with Crippen LogP contribution in [0.4, 0.5) is 5.69 Å². The third kappa shape index (κ3) is 6.47. The maximum absolute atomic E-state index is 12.6. The Bertz CT molecular complexity index is 1160. The first kappa shape index (κ1) is 22.7.